The largest absolute Gasteiger partial charge is 0.304 e. The molecule has 0 aromatic carbocycles. The zero-order chi connectivity index (χ0) is 18.8. The van der Waals surface area contributed by atoms with Crippen molar-refractivity contribution < 1.29 is 4.79 Å². The maximum atomic E-state index is 12.3. The zero-order valence-corrected chi connectivity index (χ0v) is 15.9. The fourth-order valence-corrected chi connectivity index (χ4v) is 2.67. The average molecular weight is 377 g/mol. The van der Waals surface area contributed by atoms with E-state index in [2.05, 4.69) is 25.7 Å². The van der Waals surface area contributed by atoms with E-state index >= 15 is 0 Å². The highest BCUT2D eigenvalue weighted by atomic mass is 35.5. The third-order valence-corrected chi connectivity index (χ3v) is 4.35. The summed E-state index contributed by atoms with van der Waals surface area (Å²) in [6.07, 6.45) is 1.72. The molecule has 2 N–H and O–H groups in total. The smallest absolute Gasteiger partial charge is 0.277 e. The van der Waals surface area contributed by atoms with Crippen molar-refractivity contribution >= 4 is 23.3 Å². The van der Waals surface area contributed by atoms with E-state index in [-0.39, 0.29) is 5.91 Å². The summed E-state index contributed by atoms with van der Waals surface area (Å²) in [4.78, 5) is 14.3. The number of amides is 1. The summed E-state index contributed by atoms with van der Waals surface area (Å²) >= 11 is 6.15. The van der Waals surface area contributed by atoms with Crippen LogP contribution in [-0.4, -0.2) is 54.7 Å². The molecule has 3 rings (SSSR count). The second-order valence-electron chi connectivity index (χ2n) is 6.34. The van der Waals surface area contributed by atoms with E-state index in [0.29, 0.717) is 29.7 Å². The van der Waals surface area contributed by atoms with Crippen LogP contribution < -0.4 is 5.32 Å². The molecule has 0 aliphatic rings. The van der Waals surface area contributed by atoms with Crippen molar-refractivity contribution in [1.29, 1.82) is 0 Å². The summed E-state index contributed by atoms with van der Waals surface area (Å²) in [5.74, 6) is 0.143. The quantitative estimate of drug-likeness (QED) is 0.684. The number of anilines is 1. The number of aromatic nitrogens is 6. The van der Waals surface area contributed by atoms with E-state index in [0.717, 1.165) is 17.1 Å². The number of aryl methyl sites for hydroxylation is 1. The number of hydrogen-bond acceptors (Lipinski definition) is 5. The molecule has 0 aliphatic heterocycles. The van der Waals surface area contributed by atoms with E-state index in [9.17, 15) is 4.79 Å². The first-order chi connectivity index (χ1) is 12.3. The van der Waals surface area contributed by atoms with Crippen LogP contribution in [0.25, 0.3) is 0 Å². The minimum Gasteiger partial charge on any atom is -0.304 e. The van der Waals surface area contributed by atoms with Crippen LogP contribution in [0.15, 0.2) is 18.3 Å². The predicted molar refractivity (Wildman–Crippen MR) is 98.3 cm³/mol. The van der Waals surface area contributed by atoms with Gasteiger partial charge in [-0.1, -0.05) is 11.6 Å². The third-order valence-electron chi connectivity index (χ3n) is 3.80. The molecule has 0 bridgehead atoms. The number of rotatable bonds is 6. The molecule has 3 heterocycles. The van der Waals surface area contributed by atoms with E-state index < -0.39 is 0 Å². The van der Waals surface area contributed by atoms with Crippen LogP contribution in [0.2, 0.25) is 5.02 Å². The molecule has 1 amide bonds. The van der Waals surface area contributed by atoms with Crippen LogP contribution in [0.3, 0.4) is 0 Å². The maximum Gasteiger partial charge on any atom is 0.277 e. The van der Waals surface area contributed by atoms with Gasteiger partial charge in [-0.15, -0.1) is 0 Å². The van der Waals surface area contributed by atoms with E-state index in [1.54, 1.807) is 27.7 Å². The summed E-state index contributed by atoms with van der Waals surface area (Å²) in [5.41, 5.74) is 2.84. The average Bonchev–Trinajstić information content (AvgIpc) is 3.26. The Kier molecular flexibility index (Phi) is 5.10. The van der Waals surface area contributed by atoms with Gasteiger partial charge in [-0.25, -0.2) is 4.68 Å². The van der Waals surface area contributed by atoms with Crippen molar-refractivity contribution in [3.8, 4) is 0 Å². The molecular formula is C16H21ClN8O. The summed E-state index contributed by atoms with van der Waals surface area (Å²) in [7, 11) is 3.92. The summed E-state index contributed by atoms with van der Waals surface area (Å²) in [5, 5.41) is 19.0. The van der Waals surface area contributed by atoms with Crippen LogP contribution in [0.4, 0.5) is 5.82 Å². The Morgan fingerprint density at radius 3 is 2.77 bits per heavy atom. The number of nitrogens with zero attached hydrogens (tertiary/aromatic N) is 6. The Morgan fingerprint density at radius 1 is 1.35 bits per heavy atom. The number of halogens is 1. The molecule has 0 atom stereocenters. The standard InChI is InChI=1S/C16H21ClN8O/c1-10-15(17)11(2)25(21-10)9-24-6-5-13(22-24)16(26)18-14-7-12(19-20-14)8-23(3)4/h5-7H,8-9H2,1-4H3,(H2,18,19,20,26). The number of carbonyl (C=O) groups excluding carboxylic acids is 1. The molecule has 26 heavy (non-hydrogen) atoms. The molecule has 0 unspecified atom stereocenters. The van der Waals surface area contributed by atoms with Gasteiger partial charge in [-0.3, -0.25) is 14.6 Å². The summed E-state index contributed by atoms with van der Waals surface area (Å²) in [6, 6.07) is 3.45. The SMILES string of the molecule is Cc1nn(Cn2ccc(C(=O)Nc3cc(CN(C)C)[nH]n3)n2)c(C)c1Cl. The molecule has 0 spiro atoms. The summed E-state index contributed by atoms with van der Waals surface area (Å²) < 4.78 is 3.38. The van der Waals surface area contributed by atoms with Crippen LogP contribution in [0.5, 0.6) is 0 Å². The van der Waals surface area contributed by atoms with E-state index in [4.69, 9.17) is 11.6 Å². The number of H-pyrrole nitrogens is 1. The first kappa shape index (κ1) is 18.2. The van der Waals surface area contributed by atoms with Crippen LogP contribution in [0, 0.1) is 13.8 Å². The normalized spacial score (nSPS) is 11.3. The molecule has 0 radical (unpaired) electrons. The zero-order valence-electron chi connectivity index (χ0n) is 15.1. The molecule has 138 valence electrons. The van der Waals surface area contributed by atoms with Gasteiger partial charge in [0.25, 0.3) is 5.91 Å². The number of aromatic amines is 1. The van der Waals surface area contributed by atoms with Gasteiger partial charge in [0.1, 0.15) is 6.67 Å². The fourth-order valence-electron chi connectivity index (χ4n) is 2.54. The Hall–Kier alpha value is -2.65. The lowest BCUT2D eigenvalue weighted by Crippen LogP contribution is -2.16. The Labute approximate surface area is 155 Å². The highest BCUT2D eigenvalue weighted by Gasteiger charge is 2.14. The van der Waals surface area contributed by atoms with Gasteiger partial charge in [0.05, 0.1) is 22.1 Å². The first-order valence-corrected chi connectivity index (χ1v) is 8.44. The van der Waals surface area contributed by atoms with Crippen molar-refractivity contribution in [3.05, 3.63) is 46.1 Å². The van der Waals surface area contributed by atoms with E-state index in [1.165, 1.54) is 0 Å². The minimum absolute atomic E-state index is 0.301. The highest BCUT2D eigenvalue weighted by molar-refractivity contribution is 6.31. The second-order valence-corrected chi connectivity index (χ2v) is 6.71. The lowest BCUT2D eigenvalue weighted by Gasteiger charge is -2.05. The fraction of sp³-hybridized carbons (Fsp3) is 0.375. The van der Waals surface area contributed by atoms with Crippen molar-refractivity contribution in [2.75, 3.05) is 19.4 Å². The second kappa shape index (κ2) is 7.30. The molecule has 3 aromatic rings. The third kappa shape index (κ3) is 3.94. The number of hydrogen-bond donors (Lipinski definition) is 2. The van der Waals surface area contributed by atoms with Gasteiger partial charge in [0.2, 0.25) is 0 Å². The van der Waals surface area contributed by atoms with Gasteiger partial charge >= 0.3 is 0 Å². The molecule has 9 nitrogen and oxygen atoms in total. The minimum atomic E-state index is -0.321. The van der Waals surface area contributed by atoms with E-state index in [1.807, 2.05) is 32.8 Å². The molecule has 0 aliphatic carbocycles. The van der Waals surface area contributed by atoms with Crippen LogP contribution >= 0.6 is 11.6 Å². The molecule has 0 saturated carbocycles. The van der Waals surface area contributed by atoms with Gasteiger partial charge in [0, 0.05) is 18.8 Å². The van der Waals surface area contributed by atoms with Gasteiger partial charge in [-0.05, 0) is 34.0 Å². The van der Waals surface area contributed by atoms with Crippen LogP contribution in [-0.2, 0) is 13.2 Å². The first-order valence-electron chi connectivity index (χ1n) is 8.07. The van der Waals surface area contributed by atoms with Crippen molar-refractivity contribution in [3.63, 3.8) is 0 Å². The van der Waals surface area contributed by atoms with Gasteiger partial charge < -0.3 is 10.2 Å². The maximum absolute atomic E-state index is 12.3. The summed E-state index contributed by atoms with van der Waals surface area (Å²) in [6.45, 7) is 4.83. The Bertz CT molecular complexity index is 923. The lowest BCUT2D eigenvalue weighted by molar-refractivity contribution is 0.102. The Morgan fingerprint density at radius 2 is 2.12 bits per heavy atom. The van der Waals surface area contributed by atoms with Gasteiger partial charge in [-0.2, -0.15) is 15.3 Å². The van der Waals surface area contributed by atoms with Crippen molar-refractivity contribution in [1.82, 2.24) is 34.7 Å². The van der Waals surface area contributed by atoms with Crippen molar-refractivity contribution in [2.24, 2.45) is 0 Å². The van der Waals surface area contributed by atoms with Gasteiger partial charge in [0.15, 0.2) is 11.5 Å². The number of nitrogens with one attached hydrogen (secondary N) is 2. The molecular weight excluding hydrogens is 356 g/mol. The molecule has 3 aromatic heterocycles. The molecule has 0 fully saturated rings. The molecule has 0 saturated heterocycles. The lowest BCUT2D eigenvalue weighted by atomic mass is 10.4. The topological polar surface area (TPSA) is 96.7 Å². The molecule has 10 heteroatoms. The predicted octanol–water partition coefficient (Wildman–Crippen LogP) is 1.89. The monoisotopic (exact) mass is 376 g/mol. The Balaban J connectivity index is 1.66. The highest BCUT2D eigenvalue weighted by Crippen LogP contribution is 2.18. The van der Waals surface area contributed by atoms with Crippen molar-refractivity contribution in [2.45, 2.75) is 27.1 Å². The number of carbonyl (C=O) groups is 1. The van der Waals surface area contributed by atoms with Crippen LogP contribution in [0.1, 0.15) is 27.6 Å².